The summed E-state index contributed by atoms with van der Waals surface area (Å²) in [6, 6.07) is 7.07. The number of nitrogens with one attached hydrogen (secondary N) is 1. The third kappa shape index (κ3) is 4.30. The van der Waals surface area contributed by atoms with Crippen molar-refractivity contribution in [1.29, 1.82) is 0 Å². The molecule has 0 radical (unpaired) electrons. The van der Waals surface area contributed by atoms with Crippen molar-refractivity contribution in [3.05, 3.63) is 30.1 Å². The van der Waals surface area contributed by atoms with Crippen molar-refractivity contribution in [2.24, 2.45) is 0 Å². The van der Waals surface area contributed by atoms with Crippen molar-refractivity contribution in [2.45, 2.75) is 19.9 Å². The summed E-state index contributed by atoms with van der Waals surface area (Å²) in [5.74, 6) is -0.188. The molecule has 0 unspecified atom stereocenters. The fraction of sp³-hybridized carbons (Fsp3) is 0.500. The summed E-state index contributed by atoms with van der Waals surface area (Å²) in [6.07, 6.45) is 0. The average molecular weight is 210 g/mol. The van der Waals surface area contributed by atoms with Gasteiger partial charge in [-0.15, -0.1) is 0 Å². The lowest BCUT2D eigenvalue weighted by atomic mass is 10.3. The lowest BCUT2D eigenvalue weighted by Crippen LogP contribution is -2.32. The molecule has 2 nitrogen and oxygen atoms in total. The zero-order chi connectivity index (χ0) is 11.3. The normalized spacial score (nSPS) is 10.7. The van der Waals surface area contributed by atoms with E-state index >= 15 is 0 Å². The standard InChI is InChI=1S/C12H19FN2/c1-10(2)14-8-9-15(3)12-6-4-11(13)5-7-12/h4-7,10,14H,8-9H2,1-3H3. The van der Waals surface area contributed by atoms with E-state index in [-0.39, 0.29) is 5.82 Å². The largest absolute Gasteiger partial charge is 0.373 e. The van der Waals surface area contributed by atoms with Crippen molar-refractivity contribution in [3.63, 3.8) is 0 Å². The van der Waals surface area contributed by atoms with Gasteiger partial charge in [-0.1, -0.05) is 13.8 Å². The first-order chi connectivity index (χ1) is 7.09. The van der Waals surface area contributed by atoms with Gasteiger partial charge >= 0.3 is 0 Å². The first-order valence-corrected chi connectivity index (χ1v) is 5.29. The summed E-state index contributed by atoms with van der Waals surface area (Å²) in [7, 11) is 2.01. The Hall–Kier alpha value is -1.09. The highest BCUT2D eigenvalue weighted by molar-refractivity contribution is 5.45. The molecule has 0 aromatic heterocycles. The predicted octanol–water partition coefficient (Wildman–Crippen LogP) is 2.26. The second-order valence-corrected chi connectivity index (χ2v) is 4.01. The van der Waals surface area contributed by atoms with Gasteiger partial charge < -0.3 is 10.2 Å². The predicted molar refractivity (Wildman–Crippen MR) is 62.8 cm³/mol. The molecule has 0 aliphatic rings. The maximum Gasteiger partial charge on any atom is 0.123 e. The quantitative estimate of drug-likeness (QED) is 0.802. The minimum Gasteiger partial charge on any atom is -0.373 e. The lowest BCUT2D eigenvalue weighted by molar-refractivity contribution is 0.589. The maximum absolute atomic E-state index is 12.7. The highest BCUT2D eigenvalue weighted by Crippen LogP contribution is 2.12. The Kier molecular flexibility index (Phi) is 4.56. The molecule has 0 spiro atoms. The molecule has 1 N–H and O–H groups in total. The third-order valence-corrected chi connectivity index (χ3v) is 2.27. The number of nitrogens with zero attached hydrogens (tertiary/aromatic N) is 1. The van der Waals surface area contributed by atoms with E-state index in [1.165, 1.54) is 12.1 Å². The lowest BCUT2D eigenvalue weighted by Gasteiger charge is -2.20. The Morgan fingerprint density at radius 1 is 1.27 bits per heavy atom. The minimum atomic E-state index is -0.188. The summed E-state index contributed by atoms with van der Waals surface area (Å²) in [4.78, 5) is 2.11. The Morgan fingerprint density at radius 2 is 1.87 bits per heavy atom. The van der Waals surface area contributed by atoms with Crippen LogP contribution in [0.1, 0.15) is 13.8 Å². The van der Waals surface area contributed by atoms with Crippen LogP contribution in [0.2, 0.25) is 0 Å². The second-order valence-electron chi connectivity index (χ2n) is 4.01. The summed E-state index contributed by atoms with van der Waals surface area (Å²) in [5.41, 5.74) is 1.04. The fourth-order valence-corrected chi connectivity index (χ4v) is 1.35. The molecule has 0 heterocycles. The van der Waals surface area contributed by atoms with Gasteiger partial charge in [0.15, 0.2) is 0 Å². The van der Waals surface area contributed by atoms with E-state index in [0.29, 0.717) is 6.04 Å². The van der Waals surface area contributed by atoms with Gasteiger partial charge in [0.05, 0.1) is 0 Å². The van der Waals surface area contributed by atoms with Crippen LogP contribution < -0.4 is 10.2 Å². The van der Waals surface area contributed by atoms with Gasteiger partial charge in [0, 0.05) is 31.9 Å². The van der Waals surface area contributed by atoms with Crippen LogP contribution in [0.5, 0.6) is 0 Å². The molecule has 0 saturated carbocycles. The molecule has 1 aromatic carbocycles. The molecule has 0 saturated heterocycles. The van der Waals surface area contributed by atoms with Gasteiger partial charge in [0.2, 0.25) is 0 Å². The summed E-state index contributed by atoms with van der Waals surface area (Å²) in [5, 5.41) is 3.34. The van der Waals surface area contributed by atoms with Gasteiger partial charge in [-0.25, -0.2) is 4.39 Å². The second kappa shape index (κ2) is 5.71. The van der Waals surface area contributed by atoms with E-state index in [2.05, 4.69) is 24.1 Å². The van der Waals surface area contributed by atoms with Gasteiger partial charge in [0.1, 0.15) is 5.82 Å². The van der Waals surface area contributed by atoms with Gasteiger partial charge in [-0.05, 0) is 24.3 Å². The SMILES string of the molecule is CC(C)NCCN(C)c1ccc(F)cc1. The summed E-state index contributed by atoms with van der Waals surface area (Å²) >= 11 is 0. The molecule has 0 aliphatic heterocycles. The maximum atomic E-state index is 12.7. The Bertz CT molecular complexity index is 282. The molecule has 15 heavy (non-hydrogen) atoms. The first kappa shape index (κ1) is 12.0. The van der Waals surface area contributed by atoms with E-state index in [9.17, 15) is 4.39 Å². The molecule has 0 bridgehead atoms. The highest BCUT2D eigenvalue weighted by atomic mass is 19.1. The average Bonchev–Trinajstić information content (AvgIpc) is 2.18. The van der Waals surface area contributed by atoms with Crippen LogP contribution in [0.25, 0.3) is 0 Å². The Balaban J connectivity index is 2.40. The Morgan fingerprint density at radius 3 is 2.40 bits per heavy atom. The van der Waals surface area contributed by atoms with Crippen LogP contribution in [0, 0.1) is 5.82 Å². The zero-order valence-electron chi connectivity index (χ0n) is 9.63. The van der Waals surface area contributed by atoms with E-state index in [1.807, 2.05) is 7.05 Å². The van der Waals surface area contributed by atoms with Crippen LogP contribution >= 0.6 is 0 Å². The molecule has 84 valence electrons. The number of hydrogen-bond donors (Lipinski definition) is 1. The number of likely N-dealkylation sites (N-methyl/N-ethyl adjacent to an activating group) is 1. The molecule has 0 aliphatic carbocycles. The topological polar surface area (TPSA) is 15.3 Å². The van der Waals surface area contributed by atoms with Crippen molar-refractivity contribution in [1.82, 2.24) is 5.32 Å². The van der Waals surface area contributed by atoms with E-state index < -0.39 is 0 Å². The van der Waals surface area contributed by atoms with Crippen LogP contribution in [-0.2, 0) is 0 Å². The van der Waals surface area contributed by atoms with Gasteiger partial charge in [-0.3, -0.25) is 0 Å². The van der Waals surface area contributed by atoms with Crippen LogP contribution in [0.15, 0.2) is 24.3 Å². The Labute approximate surface area is 91.1 Å². The van der Waals surface area contributed by atoms with Crippen molar-refractivity contribution in [2.75, 3.05) is 25.0 Å². The third-order valence-electron chi connectivity index (χ3n) is 2.27. The monoisotopic (exact) mass is 210 g/mol. The molecule has 1 aromatic rings. The van der Waals surface area contributed by atoms with E-state index in [1.54, 1.807) is 12.1 Å². The zero-order valence-corrected chi connectivity index (χ0v) is 9.63. The van der Waals surface area contributed by atoms with Crippen LogP contribution in [0.3, 0.4) is 0 Å². The number of rotatable bonds is 5. The molecule has 1 rings (SSSR count). The van der Waals surface area contributed by atoms with Crippen LogP contribution in [-0.4, -0.2) is 26.2 Å². The molecule has 0 atom stereocenters. The minimum absolute atomic E-state index is 0.188. The number of halogens is 1. The van der Waals surface area contributed by atoms with Crippen molar-refractivity contribution < 1.29 is 4.39 Å². The number of anilines is 1. The van der Waals surface area contributed by atoms with Crippen molar-refractivity contribution >= 4 is 5.69 Å². The first-order valence-electron chi connectivity index (χ1n) is 5.29. The van der Waals surface area contributed by atoms with E-state index in [0.717, 1.165) is 18.8 Å². The fourth-order valence-electron chi connectivity index (χ4n) is 1.35. The molecule has 0 fully saturated rings. The molecule has 3 heteroatoms. The summed E-state index contributed by atoms with van der Waals surface area (Å²) < 4.78 is 12.7. The molecular formula is C12H19FN2. The van der Waals surface area contributed by atoms with Crippen molar-refractivity contribution in [3.8, 4) is 0 Å². The highest BCUT2D eigenvalue weighted by Gasteiger charge is 2.00. The van der Waals surface area contributed by atoms with Crippen LogP contribution in [0.4, 0.5) is 10.1 Å². The molecule has 0 amide bonds. The molecular weight excluding hydrogens is 191 g/mol. The van der Waals surface area contributed by atoms with Gasteiger partial charge in [0.25, 0.3) is 0 Å². The number of hydrogen-bond acceptors (Lipinski definition) is 2. The number of benzene rings is 1. The smallest absolute Gasteiger partial charge is 0.123 e. The van der Waals surface area contributed by atoms with E-state index in [4.69, 9.17) is 0 Å². The summed E-state index contributed by atoms with van der Waals surface area (Å²) in [6.45, 7) is 6.10. The van der Waals surface area contributed by atoms with Gasteiger partial charge in [-0.2, -0.15) is 0 Å².